The molecule has 0 saturated heterocycles. The van der Waals surface area contributed by atoms with Crippen LogP contribution in [0.1, 0.15) is 47.0 Å². The molecule has 0 N–H and O–H groups in total. The van der Waals surface area contributed by atoms with Gasteiger partial charge in [-0.2, -0.15) is 0 Å². The van der Waals surface area contributed by atoms with Crippen LogP contribution in [0, 0.1) is 5.92 Å². The van der Waals surface area contributed by atoms with Crippen LogP contribution in [0.2, 0.25) is 0 Å². The molecule has 0 aromatic rings. The molecule has 0 rings (SSSR count). The summed E-state index contributed by atoms with van der Waals surface area (Å²) >= 11 is 0. The lowest BCUT2D eigenvalue weighted by Gasteiger charge is -2.13. The van der Waals surface area contributed by atoms with Crippen LogP contribution in [0.5, 0.6) is 0 Å². The second-order valence-electron chi connectivity index (χ2n) is 2.93. The number of hydrogen-bond donors (Lipinski definition) is 0. The molecule has 1 unspecified atom stereocenters. The number of hydrogen-bond acceptors (Lipinski definition) is 0. The molecule has 0 amide bonds. The van der Waals surface area contributed by atoms with Crippen LogP contribution in [0.15, 0.2) is 11.6 Å². The minimum absolute atomic E-state index is 0.843. The van der Waals surface area contributed by atoms with Crippen molar-refractivity contribution in [1.29, 1.82) is 0 Å². The maximum absolute atomic E-state index is 2.27. The van der Waals surface area contributed by atoms with Crippen LogP contribution >= 0.6 is 0 Å². The summed E-state index contributed by atoms with van der Waals surface area (Å²) in [6.45, 7) is 8.90. The van der Waals surface area contributed by atoms with Gasteiger partial charge in [0.05, 0.1) is 0 Å². The fourth-order valence-electron chi connectivity index (χ4n) is 1.34. The number of allylic oxidation sites excluding steroid dienone is 2. The highest BCUT2D eigenvalue weighted by molar-refractivity contribution is 5.00. The van der Waals surface area contributed by atoms with E-state index in [1.165, 1.54) is 19.3 Å². The molecule has 0 aromatic heterocycles. The monoisotopic (exact) mass is 140 g/mol. The summed E-state index contributed by atoms with van der Waals surface area (Å²) in [4.78, 5) is 0. The Labute approximate surface area is 65.3 Å². The maximum atomic E-state index is 2.27. The van der Waals surface area contributed by atoms with Crippen molar-refractivity contribution in [2.45, 2.75) is 47.0 Å². The van der Waals surface area contributed by atoms with Gasteiger partial charge in [0.1, 0.15) is 0 Å². The maximum Gasteiger partial charge on any atom is -0.0209 e. The van der Waals surface area contributed by atoms with Gasteiger partial charge in [-0.25, -0.2) is 0 Å². The van der Waals surface area contributed by atoms with Crippen molar-refractivity contribution in [2.75, 3.05) is 0 Å². The molecule has 0 aliphatic heterocycles. The normalized spacial score (nSPS) is 15.4. The molecular weight excluding hydrogens is 120 g/mol. The highest BCUT2D eigenvalue weighted by atomic mass is 14.1. The average molecular weight is 140 g/mol. The van der Waals surface area contributed by atoms with Crippen LogP contribution in [-0.2, 0) is 0 Å². The molecule has 0 aromatic carbocycles. The summed E-state index contributed by atoms with van der Waals surface area (Å²) in [5, 5.41) is 0. The van der Waals surface area contributed by atoms with E-state index in [-0.39, 0.29) is 0 Å². The van der Waals surface area contributed by atoms with Crippen molar-refractivity contribution >= 4 is 0 Å². The zero-order chi connectivity index (χ0) is 7.98. The Morgan fingerprint density at radius 1 is 1.40 bits per heavy atom. The highest BCUT2D eigenvalue weighted by Crippen LogP contribution is 2.19. The Morgan fingerprint density at radius 3 is 2.30 bits per heavy atom. The predicted molar refractivity (Wildman–Crippen MR) is 48.1 cm³/mol. The standard InChI is InChI=1S/C10H20/c1-5-8-10(7-3)9(4)6-2/h6,10H,5,7-8H2,1-4H3. The molecule has 0 saturated carbocycles. The molecule has 0 heterocycles. The van der Waals surface area contributed by atoms with E-state index in [1.807, 2.05) is 0 Å². The topological polar surface area (TPSA) is 0 Å². The van der Waals surface area contributed by atoms with Crippen molar-refractivity contribution in [3.8, 4) is 0 Å². The summed E-state index contributed by atoms with van der Waals surface area (Å²) in [5.74, 6) is 0.843. The molecule has 0 spiro atoms. The van der Waals surface area contributed by atoms with Crippen molar-refractivity contribution in [3.63, 3.8) is 0 Å². The lowest BCUT2D eigenvalue weighted by molar-refractivity contribution is 0.533. The van der Waals surface area contributed by atoms with Crippen molar-refractivity contribution in [3.05, 3.63) is 11.6 Å². The Morgan fingerprint density at radius 2 is 2.00 bits per heavy atom. The SMILES string of the molecule is CC=C(C)C(CC)CCC. The largest absolute Gasteiger partial charge is 0.0885 e. The van der Waals surface area contributed by atoms with Gasteiger partial charge in [-0.3, -0.25) is 0 Å². The smallest absolute Gasteiger partial charge is 0.0209 e. The lowest BCUT2D eigenvalue weighted by Crippen LogP contribution is -1.98. The third-order valence-corrected chi connectivity index (χ3v) is 2.23. The fraction of sp³-hybridized carbons (Fsp3) is 0.800. The molecular formula is C10H20. The predicted octanol–water partition coefficient (Wildman–Crippen LogP) is 3.78. The molecule has 0 bridgehead atoms. The molecule has 60 valence electrons. The van der Waals surface area contributed by atoms with Gasteiger partial charge in [0.15, 0.2) is 0 Å². The van der Waals surface area contributed by atoms with Crippen molar-refractivity contribution in [1.82, 2.24) is 0 Å². The van der Waals surface area contributed by atoms with Gasteiger partial charge in [-0.05, 0) is 32.6 Å². The van der Waals surface area contributed by atoms with Gasteiger partial charge in [-0.15, -0.1) is 0 Å². The van der Waals surface area contributed by atoms with E-state index in [2.05, 4.69) is 33.8 Å². The third-order valence-electron chi connectivity index (χ3n) is 2.23. The van der Waals surface area contributed by atoms with E-state index in [0.717, 1.165) is 5.92 Å². The first kappa shape index (κ1) is 9.74. The first-order valence-corrected chi connectivity index (χ1v) is 4.39. The van der Waals surface area contributed by atoms with E-state index in [1.54, 1.807) is 5.57 Å². The summed E-state index contributed by atoms with van der Waals surface area (Å²) in [7, 11) is 0. The van der Waals surface area contributed by atoms with Gasteiger partial charge >= 0.3 is 0 Å². The quantitative estimate of drug-likeness (QED) is 0.521. The molecule has 0 aliphatic carbocycles. The molecule has 0 heteroatoms. The summed E-state index contributed by atoms with van der Waals surface area (Å²) < 4.78 is 0. The van der Waals surface area contributed by atoms with Gasteiger partial charge in [0.25, 0.3) is 0 Å². The van der Waals surface area contributed by atoms with Crippen LogP contribution < -0.4 is 0 Å². The lowest BCUT2D eigenvalue weighted by atomic mass is 9.93. The zero-order valence-corrected chi connectivity index (χ0v) is 7.78. The van der Waals surface area contributed by atoms with E-state index >= 15 is 0 Å². The van der Waals surface area contributed by atoms with E-state index in [9.17, 15) is 0 Å². The Kier molecular flexibility index (Phi) is 5.38. The third kappa shape index (κ3) is 3.05. The molecule has 0 radical (unpaired) electrons. The Bertz CT molecular complexity index is 101. The van der Waals surface area contributed by atoms with Gasteiger partial charge in [-0.1, -0.05) is 31.9 Å². The van der Waals surface area contributed by atoms with Crippen LogP contribution in [0.25, 0.3) is 0 Å². The summed E-state index contributed by atoms with van der Waals surface area (Å²) in [6, 6.07) is 0. The van der Waals surface area contributed by atoms with Gasteiger partial charge in [0.2, 0.25) is 0 Å². The summed E-state index contributed by atoms with van der Waals surface area (Å²) in [5.41, 5.74) is 1.56. The molecule has 0 aliphatic rings. The van der Waals surface area contributed by atoms with Gasteiger partial charge < -0.3 is 0 Å². The Balaban J connectivity index is 3.80. The zero-order valence-electron chi connectivity index (χ0n) is 7.78. The second-order valence-corrected chi connectivity index (χ2v) is 2.93. The first-order chi connectivity index (χ1) is 4.76. The Hall–Kier alpha value is -0.260. The van der Waals surface area contributed by atoms with E-state index in [4.69, 9.17) is 0 Å². The van der Waals surface area contributed by atoms with Crippen LogP contribution in [-0.4, -0.2) is 0 Å². The van der Waals surface area contributed by atoms with E-state index in [0.29, 0.717) is 0 Å². The van der Waals surface area contributed by atoms with E-state index < -0.39 is 0 Å². The first-order valence-electron chi connectivity index (χ1n) is 4.39. The van der Waals surface area contributed by atoms with Gasteiger partial charge in [0, 0.05) is 0 Å². The molecule has 0 nitrogen and oxygen atoms in total. The highest BCUT2D eigenvalue weighted by Gasteiger charge is 2.04. The average Bonchev–Trinajstić information content (AvgIpc) is 1.99. The minimum Gasteiger partial charge on any atom is -0.0885 e. The molecule has 0 fully saturated rings. The number of rotatable bonds is 4. The minimum atomic E-state index is 0.843. The molecule has 10 heavy (non-hydrogen) atoms. The van der Waals surface area contributed by atoms with Crippen molar-refractivity contribution in [2.24, 2.45) is 5.92 Å². The van der Waals surface area contributed by atoms with Crippen LogP contribution in [0.4, 0.5) is 0 Å². The fourth-order valence-corrected chi connectivity index (χ4v) is 1.34. The second kappa shape index (κ2) is 5.52. The van der Waals surface area contributed by atoms with Crippen LogP contribution in [0.3, 0.4) is 0 Å². The van der Waals surface area contributed by atoms with Crippen molar-refractivity contribution < 1.29 is 0 Å². The summed E-state index contributed by atoms with van der Waals surface area (Å²) in [6.07, 6.45) is 6.20. The molecule has 1 atom stereocenters.